The fourth-order valence-corrected chi connectivity index (χ4v) is 3.11. The zero-order valence-electron chi connectivity index (χ0n) is 12.2. The highest BCUT2D eigenvalue weighted by molar-refractivity contribution is 6.29. The molecule has 0 radical (unpaired) electrons. The number of rotatable bonds is 3. The molecule has 3 nitrogen and oxygen atoms in total. The van der Waals surface area contributed by atoms with Gasteiger partial charge >= 0.3 is 0 Å². The van der Waals surface area contributed by atoms with Crippen molar-refractivity contribution in [2.24, 2.45) is 0 Å². The van der Waals surface area contributed by atoms with Crippen LogP contribution in [0.4, 0.5) is 0 Å². The van der Waals surface area contributed by atoms with Crippen LogP contribution in [0.3, 0.4) is 0 Å². The van der Waals surface area contributed by atoms with Crippen molar-refractivity contribution in [3.63, 3.8) is 0 Å². The third kappa shape index (κ3) is 2.39. The summed E-state index contributed by atoms with van der Waals surface area (Å²) in [6, 6.07) is 17.8. The molecular formula is C19H13ClN2O. The average Bonchev–Trinajstić information content (AvgIpc) is 2.90. The van der Waals surface area contributed by atoms with Crippen molar-refractivity contribution in [1.29, 1.82) is 0 Å². The number of halogens is 1. The molecular weight excluding hydrogens is 308 g/mol. The quantitative estimate of drug-likeness (QED) is 0.405. The Morgan fingerprint density at radius 3 is 2.61 bits per heavy atom. The molecule has 4 heteroatoms. The van der Waals surface area contributed by atoms with Crippen LogP contribution in [0.15, 0.2) is 60.8 Å². The molecule has 4 rings (SSSR count). The minimum Gasteiger partial charge on any atom is -0.336 e. The summed E-state index contributed by atoms with van der Waals surface area (Å²) in [5, 5.41) is 2.73. The van der Waals surface area contributed by atoms with Crippen LogP contribution >= 0.6 is 11.6 Å². The maximum Gasteiger partial charge on any atom is 0.150 e. The SMILES string of the molecule is O=Cc1ccc2c(c1)c1ccccc1n2Cc1ccc(Cl)nc1. The fourth-order valence-electron chi connectivity index (χ4n) is 3.00. The van der Waals surface area contributed by atoms with Crippen molar-refractivity contribution < 1.29 is 4.79 Å². The van der Waals surface area contributed by atoms with Crippen molar-refractivity contribution in [1.82, 2.24) is 9.55 Å². The molecule has 4 aromatic rings. The van der Waals surface area contributed by atoms with E-state index < -0.39 is 0 Å². The summed E-state index contributed by atoms with van der Waals surface area (Å²) in [5.41, 5.74) is 4.01. The van der Waals surface area contributed by atoms with E-state index >= 15 is 0 Å². The lowest BCUT2D eigenvalue weighted by atomic mass is 10.1. The zero-order valence-corrected chi connectivity index (χ0v) is 13.0. The molecule has 2 aromatic heterocycles. The van der Waals surface area contributed by atoms with Crippen molar-refractivity contribution in [2.45, 2.75) is 6.54 Å². The molecule has 112 valence electrons. The summed E-state index contributed by atoms with van der Waals surface area (Å²) in [4.78, 5) is 15.2. The molecule has 0 bridgehead atoms. The highest BCUT2D eigenvalue weighted by Crippen LogP contribution is 2.30. The first-order valence-electron chi connectivity index (χ1n) is 7.33. The number of nitrogens with zero attached hydrogens (tertiary/aromatic N) is 2. The van der Waals surface area contributed by atoms with E-state index in [0.29, 0.717) is 17.3 Å². The Morgan fingerprint density at radius 1 is 1.00 bits per heavy atom. The van der Waals surface area contributed by atoms with Gasteiger partial charge in [-0.2, -0.15) is 0 Å². The first-order chi connectivity index (χ1) is 11.3. The zero-order chi connectivity index (χ0) is 15.8. The van der Waals surface area contributed by atoms with Crippen LogP contribution < -0.4 is 0 Å². The van der Waals surface area contributed by atoms with Gasteiger partial charge in [0.25, 0.3) is 0 Å². The van der Waals surface area contributed by atoms with Crippen molar-refractivity contribution in [3.8, 4) is 0 Å². The van der Waals surface area contributed by atoms with Gasteiger partial charge in [0.1, 0.15) is 11.4 Å². The number of hydrogen-bond acceptors (Lipinski definition) is 2. The maximum atomic E-state index is 11.1. The van der Waals surface area contributed by atoms with Gasteiger partial charge in [0.2, 0.25) is 0 Å². The summed E-state index contributed by atoms with van der Waals surface area (Å²) in [6.07, 6.45) is 2.68. The first kappa shape index (κ1) is 14.0. The number of carbonyl (C=O) groups excluding carboxylic acids is 1. The normalized spacial score (nSPS) is 11.2. The molecule has 0 spiro atoms. The Bertz CT molecular complexity index is 1020. The molecule has 0 saturated carbocycles. The number of fused-ring (bicyclic) bond motifs is 3. The van der Waals surface area contributed by atoms with Gasteiger partial charge in [-0.1, -0.05) is 35.9 Å². The van der Waals surface area contributed by atoms with Crippen LogP contribution in [-0.4, -0.2) is 15.8 Å². The smallest absolute Gasteiger partial charge is 0.150 e. The number of carbonyl (C=O) groups is 1. The molecule has 0 unspecified atom stereocenters. The number of hydrogen-bond donors (Lipinski definition) is 0. The number of benzene rings is 2. The van der Waals surface area contributed by atoms with E-state index in [2.05, 4.69) is 21.7 Å². The van der Waals surface area contributed by atoms with Crippen molar-refractivity contribution in [2.75, 3.05) is 0 Å². The fraction of sp³-hybridized carbons (Fsp3) is 0.0526. The molecule has 0 atom stereocenters. The van der Waals surface area contributed by atoms with Gasteiger partial charge < -0.3 is 4.57 Å². The van der Waals surface area contributed by atoms with Gasteiger partial charge in [-0.3, -0.25) is 4.79 Å². The molecule has 0 amide bonds. The highest BCUT2D eigenvalue weighted by atomic mass is 35.5. The number of aromatic nitrogens is 2. The Balaban J connectivity index is 1.96. The molecule has 0 saturated heterocycles. The second-order valence-corrected chi connectivity index (χ2v) is 5.87. The summed E-state index contributed by atoms with van der Waals surface area (Å²) in [5.74, 6) is 0. The minimum atomic E-state index is 0.492. The van der Waals surface area contributed by atoms with Crippen LogP contribution in [0.5, 0.6) is 0 Å². The number of pyridine rings is 1. The van der Waals surface area contributed by atoms with E-state index in [1.807, 2.05) is 36.4 Å². The monoisotopic (exact) mass is 320 g/mol. The lowest BCUT2D eigenvalue weighted by Crippen LogP contribution is -1.99. The van der Waals surface area contributed by atoms with E-state index in [-0.39, 0.29) is 0 Å². The third-order valence-corrected chi connectivity index (χ3v) is 4.29. The molecule has 2 heterocycles. The van der Waals surface area contributed by atoms with Gasteiger partial charge in [0, 0.05) is 40.1 Å². The van der Waals surface area contributed by atoms with Gasteiger partial charge in [0.15, 0.2) is 0 Å². The Labute approximate surface area is 138 Å². The van der Waals surface area contributed by atoms with Crippen LogP contribution in [0.1, 0.15) is 15.9 Å². The summed E-state index contributed by atoms with van der Waals surface area (Å²) in [7, 11) is 0. The molecule has 0 aliphatic heterocycles. The Hall–Kier alpha value is -2.65. The summed E-state index contributed by atoms with van der Waals surface area (Å²) in [6.45, 7) is 0.703. The standard InChI is InChI=1S/C19H13ClN2O/c20-19-8-6-14(10-21-19)11-22-17-4-2-1-3-15(17)16-9-13(12-23)5-7-18(16)22/h1-10,12H,11H2. The predicted octanol–water partition coefficient (Wildman–Crippen LogP) is 4.70. The molecule has 0 N–H and O–H groups in total. The highest BCUT2D eigenvalue weighted by Gasteiger charge is 2.11. The lowest BCUT2D eigenvalue weighted by Gasteiger charge is -2.07. The van der Waals surface area contributed by atoms with E-state index in [4.69, 9.17) is 11.6 Å². The summed E-state index contributed by atoms with van der Waals surface area (Å²) >= 11 is 5.87. The predicted molar refractivity (Wildman–Crippen MR) is 93.2 cm³/mol. The van der Waals surface area contributed by atoms with E-state index in [1.165, 1.54) is 0 Å². The minimum absolute atomic E-state index is 0.492. The van der Waals surface area contributed by atoms with Crippen LogP contribution in [0.25, 0.3) is 21.8 Å². The number of para-hydroxylation sites is 1. The van der Waals surface area contributed by atoms with E-state index in [1.54, 1.807) is 12.3 Å². The molecule has 0 aliphatic rings. The van der Waals surface area contributed by atoms with Gasteiger partial charge in [0.05, 0.1) is 0 Å². The average molecular weight is 321 g/mol. The van der Waals surface area contributed by atoms with E-state index in [9.17, 15) is 4.79 Å². The summed E-state index contributed by atoms with van der Waals surface area (Å²) < 4.78 is 2.24. The van der Waals surface area contributed by atoms with E-state index in [0.717, 1.165) is 33.7 Å². The second-order valence-electron chi connectivity index (χ2n) is 5.49. The number of aldehydes is 1. The molecule has 0 fully saturated rings. The Kier molecular flexibility index (Phi) is 3.36. The van der Waals surface area contributed by atoms with Gasteiger partial charge in [-0.25, -0.2) is 4.98 Å². The molecule has 0 aliphatic carbocycles. The molecule has 23 heavy (non-hydrogen) atoms. The van der Waals surface area contributed by atoms with Crippen LogP contribution in [0.2, 0.25) is 5.15 Å². The van der Waals surface area contributed by atoms with Gasteiger partial charge in [-0.15, -0.1) is 0 Å². The third-order valence-electron chi connectivity index (χ3n) is 4.06. The lowest BCUT2D eigenvalue weighted by molar-refractivity contribution is 0.112. The van der Waals surface area contributed by atoms with Crippen LogP contribution in [0, 0.1) is 0 Å². The maximum absolute atomic E-state index is 11.1. The second kappa shape index (κ2) is 5.52. The first-order valence-corrected chi connectivity index (χ1v) is 7.70. The van der Waals surface area contributed by atoms with Crippen molar-refractivity contribution in [3.05, 3.63) is 77.1 Å². The molecule has 2 aromatic carbocycles. The van der Waals surface area contributed by atoms with Gasteiger partial charge in [-0.05, 0) is 35.9 Å². The topological polar surface area (TPSA) is 34.9 Å². The largest absolute Gasteiger partial charge is 0.336 e. The van der Waals surface area contributed by atoms with Crippen LogP contribution in [-0.2, 0) is 6.54 Å². The van der Waals surface area contributed by atoms with Crippen molar-refractivity contribution >= 4 is 39.7 Å². The Morgan fingerprint density at radius 2 is 1.83 bits per heavy atom.